The van der Waals surface area contributed by atoms with Gasteiger partial charge >= 0.3 is 5.97 Å². The number of carbonyl (C=O) groups excluding carboxylic acids is 2. The molecule has 2 aromatic rings. The summed E-state index contributed by atoms with van der Waals surface area (Å²) in [4.78, 5) is 23.4. The number of carbonyl (C=O) groups is 2. The van der Waals surface area contributed by atoms with Crippen molar-refractivity contribution in [2.24, 2.45) is 11.7 Å². The minimum absolute atomic E-state index is 0.164. The van der Waals surface area contributed by atoms with E-state index >= 15 is 0 Å². The zero-order valence-corrected chi connectivity index (χ0v) is 13.5. The van der Waals surface area contributed by atoms with E-state index in [-0.39, 0.29) is 19.0 Å². The van der Waals surface area contributed by atoms with Gasteiger partial charge in [0.2, 0.25) is 5.91 Å². The molecule has 0 aliphatic heterocycles. The maximum Gasteiger partial charge on any atom is 0.306 e. The number of nitrogens with one attached hydrogen (secondary N) is 1. The van der Waals surface area contributed by atoms with E-state index in [9.17, 15) is 9.59 Å². The van der Waals surface area contributed by atoms with Crippen molar-refractivity contribution >= 4 is 17.6 Å². The molecule has 1 unspecified atom stereocenters. The predicted molar refractivity (Wildman–Crippen MR) is 93.1 cm³/mol. The molecule has 0 fully saturated rings. The number of hydrogen-bond acceptors (Lipinski definition) is 4. The number of primary amides is 1. The van der Waals surface area contributed by atoms with Crippen LogP contribution in [0.1, 0.15) is 18.4 Å². The number of benzene rings is 2. The fraction of sp³-hybridized carbons (Fsp3) is 0.263. The Balaban J connectivity index is 1.74. The van der Waals surface area contributed by atoms with Gasteiger partial charge in [0.05, 0.1) is 5.92 Å². The summed E-state index contributed by atoms with van der Waals surface area (Å²) in [5.74, 6) is -1.17. The average molecular weight is 326 g/mol. The summed E-state index contributed by atoms with van der Waals surface area (Å²) in [7, 11) is 0. The van der Waals surface area contributed by atoms with Crippen molar-refractivity contribution in [1.29, 1.82) is 0 Å². The molecule has 2 rings (SSSR count). The Morgan fingerprint density at radius 2 is 1.62 bits per heavy atom. The lowest BCUT2D eigenvalue weighted by Crippen LogP contribution is -2.30. The molecule has 0 aliphatic rings. The number of ether oxygens (including phenoxy) is 1. The van der Waals surface area contributed by atoms with Crippen molar-refractivity contribution in [2.45, 2.75) is 19.4 Å². The molecule has 0 spiro atoms. The number of rotatable bonds is 9. The van der Waals surface area contributed by atoms with Gasteiger partial charge in [0.15, 0.2) is 0 Å². The molecular weight excluding hydrogens is 304 g/mol. The molecule has 2 aromatic carbocycles. The third-order valence-electron chi connectivity index (χ3n) is 3.67. The normalized spacial score (nSPS) is 11.5. The molecule has 1 atom stereocenters. The Kier molecular flexibility index (Phi) is 6.83. The lowest BCUT2D eigenvalue weighted by atomic mass is 10.0. The molecule has 1 amide bonds. The first-order chi connectivity index (χ1) is 11.6. The van der Waals surface area contributed by atoms with Crippen molar-refractivity contribution in [1.82, 2.24) is 0 Å². The Bertz CT molecular complexity index is 644. The van der Waals surface area contributed by atoms with Gasteiger partial charge in [0.1, 0.15) is 6.61 Å². The molecule has 0 saturated heterocycles. The van der Waals surface area contributed by atoms with Gasteiger partial charge in [0.25, 0.3) is 0 Å². The van der Waals surface area contributed by atoms with Crippen molar-refractivity contribution in [3.8, 4) is 0 Å². The summed E-state index contributed by atoms with van der Waals surface area (Å²) in [6, 6.07) is 19.0. The molecule has 0 saturated carbocycles. The first-order valence-electron chi connectivity index (χ1n) is 7.93. The van der Waals surface area contributed by atoms with Crippen LogP contribution >= 0.6 is 0 Å². The monoisotopic (exact) mass is 326 g/mol. The second-order valence-electron chi connectivity index (χ2n) is 5.53. The highest BCUT2D eigenvalue weighted by molar-refractivity contribution is 5.78. The van der Waals surface area contributed by atoms with Gasteiger partial charge in [0, 0.05) is 18.7 Å². The van der Waals surface area contributed by atoms with Gasteiger partial charge in [-0.1, -0.05) is 48.5 Å². The Morgan fingerprint density at radius 3 is 2.25 bits per heavy atom. The third-order valence-corrected chi connectivity index (χ3v) is 3.67. The fourth-order valence-corrected chi connectivity index (χ4v) is 2.24. The smallest absolute Gasteiger partial charge is 0.306 e. The van der Waals surface area contributed by atoms with Gasteiger partial charge in [-0.2, -0.15) is 0 Å². The molecule has 3 N–H and O–H groups in total. The van der Waals surface area contributed by atoms with Crippen LogP contribution in [0, 0.1) is 5.92 Å². The maximum atomic E-state index is 11.8. The van der Waals surface area contributed by atoms with Gasteiger partial charge in [-0.15, -0.1) is 0 Å². The third kappa shape index (κ3) is 6.12. The maximum absolute atomic E-state index is 11.8. The Labute approximate surface area is 141 Å². The number of hydrogen-bond donors (Lipinski definition) is 2. The number of nitrogens with two attached hydrogens (primary N) is 1. The molecule has 0 bridgehead atoms. The first-order valence-corrected chi connectivity index (χ1v) is 7.93. The van der Waals surface area contributed by atoms with E-state index in [0.29, 0.717) is 13.0 Å². The topological polar surface area (TPSA) is 81.4 Å². The lowest BCUT2D eigenvalue weighted by molar-refractivity contribution is -0.145. The minimum Gasteiger partial charge on any atom is -0.461 e. The summed E-state index contributed by atoms with van der Waals surface area (Å²) in [5, 5.41) is 3.15. The highest BCUT2D eigenvalue weighted by Gasteiger charge is 2.17. The molecule has 126 valence electrons. The molecule has 0 heterocycles. The van der Waals surface area contributed by atoms with E-state index in [1.165, 1.54) is 0 Å². The van der Waals surface area contributed by atoms with Crippen LogP contribution < -0.4 is 11.1 Å². The quantitative estimate of drug-likeness (QED) is 0.694. The van der Waals surface area contributed by atoms with Crippen LogP contribution in [-0.4, -0.2) is 18.4 Å². The van der Waals surface area contributed by atoms with Crippen molar-refractivity contribution in [2.75, 3.05) is 11.9 Å². The van der Waals surface area contributed by atoms with Crippen LogP contribution in [0.2, 0.25) is 0 Å². The largest absolute Gasteiger partial charge is 0.461 e. The highest BCUT2D eigenvalue weighted by atomic mass is 16.5. The first kappa shape index (κ1) is 17.5. The van der Waals surface area contributed by atoms with E-state index in [2.05, 4.69) is 5.32 Å². The molecule has 0 aliphatic carbocycles. The number of esters is 1. The molecule has 5 heteroatoms. The standard InChI is InChI=1S/C19H22N2O3/c20-19(23)16(13-21-17-9-5-2-6-10-17)11-12-18(22)24-14-15-7-3-1-4-8-15/h1-10,16,21H,11-14H2,(H2,20,23). The van der Waals surface area contributed by atoms with E-state index in [1.54, 1.807) is 0 Å². The zero-order valence-electron chi connectivity index (χ0n) is 13.5. The van der Waals surface area contributed by atoms with E-state index in [0.717, 1.165) is 11.3 Å². The van der Waals surface area contributed by atoms with E-state index in [4.69, 9.17) is 10.5 Å². The second kappa shape index (κ2) is 9.35. The lowest BCUT2D eigenvalue weighted by Gasteiger charge is -2.15. The van der Waals surface area contributed by atoms with Crippen molar-refractivity contribution < 1.29 is 14.3 Å². The number of para-hydroxylation sites is 1. The summed E-state index contributed by atoms with van der Waals surface area (Å²) >= 11 is 0. The molecule has 24 heavy (non-hydrogen) atoms. The van der Waals surface area contributed by atoms with Crippen molar-refractivity contribution in [3.63, 3.8) is 0 Å². The van der Waals surface area contributed by atoms with Crippen molar-refractivity contribution in [3.05, 3.63) is 66.2 Å². The summed E-state index contributed by atoms with van der Waals surface area (Å²) in [6.45, 7) is 0.633. The zero-order chi connectivity index (χ0) is 17.2. The van der Waals surface area contributed by atoms with Crippen LogP contribution in [0.25, 0.3) is 0 Å². The molecule has 0 aromatic heterocycles. The van der Waals surface area contributed by atoms with Crippen LogP contribution in [0.3, 0.4) is 0 Å². The predicted octanol–water partition coefficient (Wildman–Crippen LogP) is 2.72. The van der Waals surface area contributed by atoms with Gasteiger partial charge in [-0.25, -0.2) is 0 Å². The fourth-order valence-electron chi connectivity index (χ4n) is 2.24. The molecule has 5 nitrogen and oxygen atoms in total. The van der Waals surface area contributed by atoms with Gasteiger partial charge in [-0.05, 0) is 24.1 Å². The summed E-state index contributed by atoms with van der Waals surface area (Å²) in [6.07, 6.45) is 0.527. The average Bonchev–Trinajstić information content (AvgIpc) is 2.61. The van der Waals surface area contributed by atoms with Gasteiger partial charge < -0.3 is 15.8 Å². The Hall–Kier alpha value is -2.82. The number of anilines is 1. The van der Waals surface area contributed by atoms with Gasteiger partial charge in [-0.3, -0.25) is 9.59 Å². The number of amides is 1. The minimum atomic E-state index is -0.422. The van der Waals surface area contributed by atoms with Crippen LogP contribution in [0.5, 0.6) is 0 Å². The Morgan fingerprint density at radius 1 is 1.00 bits per heavy atom. The van der Waals surface area contributed by atoms with Crippen LogP contribution in [0.15, 0.2) is 60.7 Å². The molecule has 0 radical (unpaired) electrons. The highest BCUT2D eigenvalue weighted by Crippen LogP contribution is 2.12. The van der Waals surface area contributed by atoms with E-state index < -0.39 is 11.8 Å². The second-order valence-corrected chi connectivity index (χ2v) is 5.53. The summed E-state index contributed by atoms with van der Waals surface area (Å²) < 4.78 is 5.21. The van der Waals surface area contributed by atoms with Crippen LogP contribution in [0.4, 0.5) is 5.69 Å². The summed E-state index contributed by atoms with van der Waals surface area (Å²) in [5.41, 5.74) is 7.27. The molecular formula is C19H22N2O3. The SMILES string of the molecule is NC(=O)C(CCC(=O)OCc1ccccc1)CNc1ccccc1. The van der Waals surface area contributed by atoms with Crippen LogP contribution in [-0.2, 0) is 20.9 Å². The van der Waals surface area contributed by atoms with E-state index in [1.807, 2.05) is 60.7 Å².